The first kappa shape index (κ1) is 14.6. The number of aryl methyl sites for hydroxylation is 1. The predicted molar refractivity (Wildman–Crippen MR) is 88.5 cm³/mol. The van der Waals surface area contributed by atoms with Crippen LogP contribution < -0.4 is 10.1 Å². The van der Waals surface area contributed by atoms with Crippen LogP contribution in [-0.2, 0) is 0 Å². The van der Waals surface area contributed by atoms with Crippen molar-refractivity contribution in [1.29, 1.82) is 0 Å². The number of benzene rings is 2. The van der Waals surface area contributed by atoms with Gasteiger partial charge in [0.15, 0.2) is 0 Å². The molecular weight excluding hydrogens is 300 g/mol. The number of anilines is 1. The van der Waals surface area contributed by atoms with E-state index in [0.717, 1.165) is 28.1 Å². The zero-order valence-corrected chi connectivity index (χ0v) is 12.8. The van der Waals surface area contributed by atoms with E-state index in [1.54, 1.807) is 6.07 Å². The van der Waals surface area contributed by atoms with E-state index in [2.05, 4.69) is 34.4 Å². The Bertz CT molecular complexity index is 756. The lowest BCUT2D eigenvalue weighted by Gasteiger charge is -2.29. The summed E-state index contributed by atoms with van der Waals surface area (Å²) in [6, 6.07) is 11.8. The smallest absolute Gasteiger partial charge is 0.144 e. The Morgan fingerprint density at radius 3 is 2.95 bits per heavy atom. The van der Waals surface area contributed by atoms with Gasteiger partial charge in [-0.3, -0.25) is 0 Å². The number of fused-ring (bicyclic) bond motifs is 1. The summed E-state index contributed by atoms with van der Waals surface area (Å²) in [4.78, 5) is 2.80. The van der Waals surface area contributed by atoms with Crippen molar-refractivity contribution < 1.29 is 4.74 Å². The summed E-state index contributed by atoms with van der Waals surface area (Å²) < 4.78 is 5.79. The van der Waals surface area contributed by atoms with Gasteiger partial charge >= 0.3 is 0 Å². The molecule has 0 spiro atoms. The zero-order chi connectivity index (χ0) is 15.5. The lowest BCUT2D eigenvalue weighted by Crippen LogP contribution is -2.34. The third-order valence-electron chi connectivity index (χ3n) is 3.66. The molecule has 0 amide bonds. The van der Waals surface area contributed by atoms with Gasteiger partial charge in [-0.25, -0.2) is 0 Å². The molecule has 2 aromatic carbocycles. The number of ether oxygens (including phenoxy) is 1. The van der Waals surface area contributed by atoms with Crippen LogP contribution in [-0.4, -0.2) is 19.2 Å². The van der Waals surface area contributed by atoms with E-state index in [1.165, 1.54) is 0 Å². The SMILES string of the molecule is Cc1ccccc1-c1cc(Cl)cc2c1NC(CN=[N+]=[N-])CO2. The maximum atomic E-state index is 8.47. The lowest BCUT2D eigenvalue weighted by atomic mass is 9.97. The molecule has 1 aliphatic rings. The molecule has 0 aliphatic carbocycles. The first-order valence-corrected chi connectivity index (χ1v) is 7.36. The van der Waals surface area contributed by atoms with Crippen molar-refractivity contribution in [2.75, 3.05) is 18.5 Å². The predicted octanol–water partition coefficient (Wildman–Crippen LogP) is 4.80. The average Bonchev–Trinajstić information content (AvgIpc) is 2.53. The molecule has 22 heavy (non-hydrogen) atoms. The van der Waals surface area contributed by atoms with Crippen molar-refractivity contribution in [3.63, 3.8) is 0 Å². The first-order valence-electron chi connectivity index (χ1n) is 6.99. The van der Waals surface area contributed by atoms with Gasteiger partial charge in [0.1, 0.15) is 12.4 Å². The van der Waals surface area contributed by atoms with Crippen molar-refractivity contribution in [3.8, 4) is 16.9 Å². The Morgan fingerprint density at radius 2 is 2.18 bits per heavy atom. The second kappa shape index (κ2) is 6.18. The molecule has 1 heterocycles. The van der Waals surface area contributed by atoms with Crippen LogP contribution in [0.4, 0.5) is 5.69 Å². The largest absolute Gasteiger partial charge is 0.489 e. The van der Waals surface area contributed by atoms with Crippen LogP contribution in [0.2, 0.25) is 5.02 Å². The Kier molecular flexibility index (Phi) is 4.09. The molecule has 0 saturated heterocycles. The molecule has 1 aliphatic heterocycles. The molecular formula is C16H15ClN4O. The number of nitrogens with one attached hydrogen (secondary N) is 1. The molecule has 0 saturated carbocycles. The normalized spacial score (nSPS) is 16.0. The number of nitrogens with zero attached hydrogens (tertiary/aromatic N) is 3. The van der Waals surface area contributed by atoms with Gasteiger partial charge in [-0.15, -0.1) is 0 Å². The summed E-state index contributed by atoms with van der Waals surface area (Å²) in [6.45, 7) is 2.84. The maximum Gasteiger partial charge on any atom is 0.144 e. The highest BCUT2D eigenvalue weighted by molar-refractivity contribution is 6.31. The van der Waals surface area contributed by atoms with E-state index in [9.17, 15) is 0 Å². The summed E-state index contributed by atoms with van der Waals surface area (Å²) in [5, 5.41) is 7.65. The topological polar surface area (TPSA) is 70.0 Å². The van der Waals surface area contributed by atoms with Crippen molar-refractivity contribution in [2.24, 2.45) is 5.11 Å². The first-order chi connectivity index (χ1) is 10.7. The van der Waals surface area contributed by atoms with E-state index in [-0.39, 0.29) is 6.04 Å². The lowest BCUT2D eigenvalue weighted by molar-refractivity contribution is 0.287. The molecule has 2 aromatic rings. The van der Waals surface area contributed by atoms with Gasteiger partial charge < -0.3 is 10.1 Å². The molecule has 0 radical (unpaired) electrons. The molecule has 0 aromatic heterocycles. The number of hydrogen-bond acceptors (Lipinski definition) is 3. The van der Waals surface area contributed by atoms with Gasteiger partial charge in [0.05, 0.1) is 11.7 Å². The van der Waals surface area contributed by atoms with Gasteiger partial charge in [0.2, 0.25) is 0 Å². The van der Waals surface area contributed by atoms with Crippen molar-refractivity contribution in [1.82, 2.24) is 0 Å². The Hall–Kier alpha value is -2.36. The minimum absolute atomic E-state index is 0.0488. The Morgan fingerprint density at radius 1 is 1.36 bits per heavy atom. The molecule has 3 rings (SSSR count). The summed E-state index contributed by atoms with van der Waals surface area (Å²) in [6.07, 6.45) is 0. The van der Waals surface area contributed by atoms with Gasteiger partial charge in [0, 0.05) is 28.1 Å². The van der Waals surface area contributed by atoms with Crippen LogP contribution in [0.25, 0.3) is 21.6 Å². The number of azide groups is 1. The average molecular weight is 315 g/mol. The fraction of sp³-hybridized carbons (Fsp3) is 0.250. The third-order valence-corrected chi connectivity index (χ3v) is 3.87. The Balaban J connectivity index is 2.07. The quantitative estimate of drug-likeness (QED) is 0.502. The van der Waals surface area contributed by atoms with Crippen LogP contribution >= 0.6 is 11.6 Å². The van der Waals surface area contributed by atoms with E-state index >= 15 is 0 Å². The monoisotopic (exact) mass is 314 g/mol. The molecule has 6 heteroatoms. The number of rotatable bonds is 3. The van der Waals surface area contributed by atoms with Gasteiger partial charge in [0.25, 0.3) is 0 Å². The molecule has 0 bridgehead atoms. The van der Waals surface area contributed by atoms with Crippen LogP contribution in [0.3, 0.4) is 0 Å². The van der Waals surface area contributed by atoms with Crippen LogP contribution in [0, 0.1) is 6.92 Å². The van der Waals surface area contributed by atoms with Crippen LogP contribution in [0.5, 0.6) is 5.75 Å². The van der Waals surface area contributed by atoms with E-state index in [1.807, 2.05) is 18.2 Å². The molecule has 1 atom stereocenters. The van der Waals surface area contributed by atoms with Crippen LogP contribution in [0.15, 0.2) is 41.5 Å². The summed E-state index contributed by atoms with van der Waals surface area (Å²) in [5.74, 6) is 0.725. The van der Waals surface area contributed by atoms with E-state index < -0.39 is 0 Å². The van der Waals surface area contributed by atoms with Crippen molar-refractivity contribution >= 4 is 17.3 Å². The van der Waals surface area contributed by atoms with Gasteiger partial charge in [-0.05, 0) is 29.6 Å². The fourth-order valence-corrected chi connectivity index (χ4v) is 2.81. The maximum absolute atomic E-state index is 8.47. The minimum Gasteiger partial charge on any atom is -0.489 e. The number of halogens is 1. The number of hydrogen-bond donors (Lipinski definition) is 1. The molecule has 1 unspecified atom stereocenters. The molecule has 1 N–H and O–H groups in total. The standard InChI is InChI=1S/C16H15ClN4O/c1-10-4-2-3-5-13(10)14-6-11(17)7-15-16(14)20-12(9-22-15)8-19-21-18/h2-7,12,20H,8-9H2,1H3. The second-order valence-corrected chi connectivity index (χ2v) is 5.64. The molecule has 112 valence electrons. The second-order valence-electron chi connectivity index (χ2n) is 5.21. The molecule has 0 fully saturated rings. The summed E-state index contributed by atoms with van der Waals surface area (Å²) in [5.41, 5.74) is 12.6. The van der Waals surface area contributed by atoms with E-state index in [4.69, 9.17) is 21.9 Å². The Labute approximate surface area is 133 Å². The van der Waals surface area contributed by atoms with E-state index in [0.29, 0.717) is 18.2 Å². The highest BCUT2D eigenvalue weighted by atomic mass is 35.5. The van der Waals surface area contributed by atoms with Gasteiger partial charge in [-0.2, -0.15) is 0 Å². The van der Waals surface area contributed by atoms with Crippen molar-refractivity contribution in [3.05, 3.63) is 57.4 Å². The highest BCUT2D eigenvalue weighted by Crippen LogP contribution is 2.42. The van der Waals surface area contributed by atoms with Gasteiger partial charge in [-0.1, -0.05) is 41.0 Å². The summed E-state index contributed by atoms with van der Waals surface area (Å²) in [7, 11) is 0. The highest BCUT2D eigenvalue weighted by Gasteiger charge is 2.23. The molecule has 5 nitrogen and oxygen atoms in total. The van der Waals surface area contributed by atoms with Crippen molar-refractivity contribution in [2.45, 2.75) is 13.0 Å². The zero-order valence-electron chi connectivity index (χ0n) is 12.1. The minimum atomic E-state index is -0.0488. The summed E-state index contributed by atoms with van der Waals surface area (Å²) >= 11 is 6.23. The third kappa shape index (κ3) is 2.82. The van der Waals surface area contributed by atoms with Crippen LogP contribution in [0.1, 0.15) is 5.56 Å². The fourth-order valence-electron chi connectivity index (χ4n) is 2.60.